The lowest BCUT2D eigenvalue weighted by atomic mass is 10.2. The molecule has 0 radical (unpaired) electrons. The molecule has 1 atom stereocenters. The van der Waals surface area contributed by atoms with Crippen LogP contribution in [-0.4, -0.2) is 69.0 Å². The van der Waals surface area contributed by atoms with Gasteiger partial charge in [0.1, 0.15) is 0 Å². The Morgan fingerprint density at radius 3 is 2.68 bits per heavy atom. The molecule has 0 aromatic rings. The molecule has 2 rings (SSSR count). The minimum atomic E-state index is -3.33. The van der Waals surface area contributed by atoms with Crippen LogP contribution < -0.4 is 5.32 Å². The summed E-state index contributed by atoms with van der Waals surface area (Å²) < 4.78 is 33.7. The van der Waals surface area contributed by atoms with Crippen LogP contribution in [0.15, 0.2) is 0 Å². The molecule has 0 saturated carbocycles. The molecule has 2 fully saturated rings. The smallest absolute Gasteiger partial charge is 0.282 e. The quantitative estimate of drug-likeness (QED) is 0.750. The first kappa shape index (κ1) is 15.2. The van der Waals surface area contributed by atoms with Crippen molar-refractivity contribution in [3.05, 3.63) is 0 Å². The zero-order chi connectivity index (χ0) is 13.7. The highest BCUT2D eigenvalue weighted by molar-refractivity contribution is 7.86. The van der Waals surface area contributed by atoms with E-state index >= 15 is 0 Å². The van der Waals surface area contributed by atoms with Gasteiger partial charge in [0.15, 0.2) is 0 Å². The Labute approximate surface area is 116 Å². The molecule has 0 amide bonds. The lowest BCUT2D eigenvalue weighted by molar-refractivity contribution is 0.0700. The standard InChI is InChI=1S/C12H25N3O3S/c1-2-6-15(11-12-4-3-5-13-12)19(16,17)14-7-9-18-10-8-14/h12-13H,2-11H2,1H3. The highest BCUT2D eigenvalue weighted by atomic mass is 32.2. The molecule has 0 spiro atoms. The van der Waals surface area contributed by atoms with E-state index in [1.807, 2.05) is 6.92 Å². The van der Waals surface area contributed by atoms with Gasteiger partial charge < -0.3 is 10.1 Å². The number of rotatable bonds is 6. The van der Waals surface area contributed by atoms with E-state index in [1.54, 1.807) is 8.61 Å². The molecule has 0 bridgehead atoms. The number of nitrogens with zero attached hydrogens (tertiary/aromatic N) is 2. The minimum absolute atomic E-state index is 0.308. The summed E-state index contributed by atoms with van der Waals surface area (Å²) in [7, 11) is -3.33. The van der Waals surface area contributed by atoms with Crippen LogP contribution >= 0.6 is 0 Å². The third kappa shape index (κ3) is 3.88. The SMILES string of the molecule is CCCN(CC1CCCN1)S(=O)(=O)N1CCOCC1. The van der Waals surface area contributed by atoms with Crippen molar-refractivity contribution in [3.63, 3.8) is 0 Å². The topological polar surface area (TPSA) is 61.9 Å². The van der Waals surface area contributed by atoms with Crippen LogP contribution in [0.2, 0.25) is 0 Å². The van der Waals surface area contributed by atoms with Crippen molar-refractivity contribution in [2.45, 2.75) is 32.2 Å². The second-order valence-corrected chi connectivity index (χ2v) is 7.10. The lowest BCUT2D eigenvalue weighted by Crippen LogP contribution is -2.51. The first-order chi connectivity index (χ1) is 9.14. The first-order valence-electron chi connectivity index (χ1n) is 7.21. The largest absolute Gasteiger partial charge is 0.379 e. The molecule has 2 saturated heterocycles. The van der Waals surface area contributed by atoms with Gasteiger partial charge in [-0.1, -0.05) is 6.92 Å². The van der Waals surface area contributed by atoms with Crippen LogP contribution in [0.1, 0.15) is 26.2 Å². The molecule has 2 aliphatic heterocycles. The van der Waals surface area contributed by atoms with Gasteiger partial charge in [-0.3, -0.25) is 0 Å². The van der Waals surface area contributed by atoms with Crippen molar-refractivity contribution in [1.82, 2.24) is 13.9 Å². The maximum Gasteiger partial charge on any atom is 0.282 e. The van der Waals surface area contributed by atoms with Crippen LogP contribution in [0.3, 0.4) is 0 Å². The van der Waals surface area contributed by atoms with Crippen LogP contribution in [-0.2, 0) is 14.9 Å². The van der Waals surface area contributed by atoms with Crippen LogP contribution in [0.25, 0.3) is 0 Å². The second kappa shape index (κ2) is 6.99. The van der Waals surface area contributed by atoms with Gasteiger partial charge in [-0.05, 0) is 25.8 Å². The van der Waals surface area contributed by atoms with Crippen molar-refractivity contribution in [3.8, 4) is 0 Å². The first-order valence-corrected chi connectivity index (χ1v) is 8.60. The molecule has 0 aromatic heterocycles. The molecule has 2 heterocycles. The third-order valence-electron chi connectivity index (χ3n) is 3.68. The zero-order valence-electron chi connectivity index (χ0n) is 11.7. The monoisotopic (exact) mass is 291 g/mol. The summed E-state index contributed by atoms with van der Waals surface area (Å²) in [6, 6.07) is 0.308. The Morgan fingerprint density at radius 1 is 1.37 bits per heavy atom. The summed E-state index contributed by atoms with van der Waals surface area (Å²) in [5, 5.41) is 3.37. The number of morpholine rings is 1. The van der Waals surface area contributed by atoms with Gasteiger partial charge in [-0.2, -0.15) is 17.0 Å². The zero-order valence-corrected chi connectivity index (χ0v) is 12.5. The Hall–Kier alpha value is -0.210. The Bertz CT molecular complexity index is 362. The van der Waals surface area contributed by atoms with Crippen LogP contribution in [0.4, 0.5) is 0 Å². The van der Waals surface area contributed by atoms with Gasteiger partial charge in [0.25, 0.3) is 10.2 Å². The number of hydrogen-bond donors (Lipinski definition) is 1. The molecule has 6 nitrogen and oxygen atoms in total. The Kier molecular flexibility index (Phi) is 5.58. The summed E-state index contributed by atoms with van der Waals surface area (Å²) in [5.41, 5.74) is 0. The van der Waals surface area contributed by atoms with Gasteiger partial charge in [-0.25, -0.2) is 0 Å². The Morgan fingerprint density at radius 2 is 2.11 bits per heavy atom. The second-order valence-electron chi connectivity index (χ2n) is 5.17. The predicted molar refractivity (Wildman–Crippen MR) is 74.2 cm³/mol. The number of ether oxygens (including phenoxy) is 1. The fourth-order valence-corrected chi connectivity index (χ4v) is 4.37. The van der Waals surface area contributed by atoms with E-state index in [2.05, 4.69) is 5.32 Å². The molecule has 0 aromatic carbocycles. The summed E-state index contributed by atoms with van der Waals surface area (Å²) in [6.07, 6.45) is 3.05. The van der Waals surface area contributed by atoms with E-state index in [0.29, 0.717) is 45.4 Å². The normalized spacial score (nSPS) is 26.1. The number of hydrogen-bond acceptors (Lipinski definition) is 4. The average Bonchev–Trinajstić information content (AvgIpc) is 2.92. The minimum Gasteiger partial charge on any atom is -0.379 e. The molecule has 112 valence electrons. The maximum absolute atomic E-state index is 12.6. The van der Waals surface area contributed by atoms with Crippen molar-refractivity contribution < 1.29 is 13.2 Å². The van der Waals surface area contributed by atoms with E-state index in [0.717, 1.165) is 25.8 Å². The molecule has 1 unspecified atom stereocenters. The molecule has 2 aliphatic rings. The van der Waals surface area contributed by atoms with E-state index in [1.165, 1.54) is 0 Å². The van der Waals surface area contributed by atoms with Gasteiger partial charge in [0.05, 0.1) is 13.2 Å². The predicted octanol–water partition coefficient (Wildman–Crippen LogP) is 0.0274. The van der Waals surface area contributed by atoms with E-state index in [-0.39, 0.29) is 0 Å². The van der Waals surface area contributed by atoms with Gasteiger partial charge in [-0.15, -0.1) is 0 Å². The molecular formula is C12H25N3O3S. The highest BCUT2D eigenvalue weighted by Gasteiger charge is 2.32. The van der Waals surface area contributed by atoms with Crippen LogP contribution in [0.5, 0.6) is 0 Å². The van der Waals surface area contributed by atoms with E-state index in [4.69, 9.17) is 4.74 Å². The van der Waals surface area contributed by atoms with Gasteiger partial charge in [0, 0.05) is 32.2 Å². The molecule has 19 heavy (non-hydrogen) atoms. The highest BCUT2D eigenvalue weighted by Crippen LogP contribution is 2.15. The van der Waals surface area contributed by atoms with E-state index < -0.39 is 10.2 Å². The molecule has 7 heteroatoms. The fraction of sp³-hybridized carbons (Fsp3) is 1.00. The summed E-state index contributed by atoms with van der Waals surface area (Å²) in [6.45, 7) is 6.15. The van der Waals surface area contributed by atoms with Crippen molar-refractivity contribution >= 4 is 10.2 Å². The maximum atomic E-state index is 12.6. The number of nitrogens with one attached hydrogen (secondary N) is 1. The van der Waals surface area contributed by atoms with Gasteiger partial charge >= 0.3 is 0 Å². The lowest BCUT2D eigenvalue weighted by Gasteiger charge is -2.33. The molecule has 1 N–H and O–H groups in total. The average molecular weight is 291 g/mol. The Balaban J connectivity index is 2.02. The fourth-order valence-electron chi connectivity index (χ4n) is 2.65. The summed E-state index contributed by atoms with van der Waals surface area (Å²) in [4.78, 5) is 0. The van der Waals surface area contributed by atoms with Gasteiger partial charge in [0.2, 0.25) is 0 Å². The van der Waals surface area contributed by atoms with Crippen molar-refractivity contribution in [2.24, 2.45) is 0 Å². The molecule has 0 aliphatic carbocycles. The molecular weight excluding hydrogens is 266 g/mol. The van der Waals surface area contributed by atoms with Crippen molar-refractivity contribution in [1.29, 1.82) is 0 Å². The van der Waals surface area contributed by atoms with Crippen molar-refractivity contribution in [2.75, 3.05) is 45.9 Å². The summed E-state index contributed by atoms with van der Waals surface area (Å²) in [5.74, 6) is 0. The third-order valence-corrected chi connectivity index (χ3v) is 5.68. The van der Waals surface area contributed by atoms with Crippen LogP contribution in [0, 0.1) is 0 Å². The summed E-state index contributed by atoms with van der Waals surface area (Å²) >= 11 is 0. The van der Waals surface area contributed by atoms with E-state index in [9.17, 15) is 8.42 Å².